The van der Waals surface area contributed by atoms with Crippen molar-refractivity contribution in [3.63, 3.8) is 0 Å². The van der Waals surface area contributed by atoms with Crippen LogP contribution in [0.1, 0.15) is 55.7 Å². The highest BCUT2D eigenvalue weighted by atomic mass is 35.5. The van der Waals surface area contributed by atoms with Crippen LogP contribution in [-0.4, -0.2) is 60.6 Å². The van der Waals surface area contributed by atoms with Crippen LogP contribution >= 0.6 is 48.0 Å². The van der Waals surface area contributed by atoms with E-state index >= 15 is 0 Å². The maximum absolute atomic E-state index is 12.8. The molecular weight excluding hydrogens is 574 g/mol. The predicted molar refractivity (Wildman–Crippen MR) is 165 cm³/mol. The second-order valence-electron chi connectivity index (χ2n) is 12.0. The second-order valence-corrected chi connectivity index (χ2v) is 12.8. The van der Waals surface area contributed by atoms with Crippen molar-refractivity contribution in [2.75, 3.05) is 39.3 Å². The fourth-order valence-electron chi connectivity index (χ4n) is 8.03. The van der Waals surface area contributed by atoms with Crippen molar-refractivity contribution < 1.29 is 4.79 Å². The van der Waals surface area contributed by atoms with Crippen LogP contribution in [0.5, 0.6) is 0 Å². The molecule has 2 N–H and O–H groups in total. The maximum atomic E-state index is 12.8. The summed E-state index contributed by atoms with van der Waals surface area (Å²) in [5.41, 5.74) is 2.55. The molecule has 5 nitrogen and oxygen atoms in total. The summed E-state index contributed by atoms with van der Waals surface area (Å²) in [4.78, 5) is 17.8. The zero-order valence-corrected chi connectivity index (χ0v) is 25.4. The van der Waals surface area contributed by atoms with E-state index < -0.39 is 0 Å². The predicted octanol–water partition coefficient (Wildman–Crippen LogP) is 6.81. The van der Waals surface area contributed by atoms with E-state index in [-0.39, 0.29) is 42.4 Å². The van der Waals surface area contributed by atoms with Crippen LogP contribution in [-0.2, 0) is 0 Å². The lowest BCUT2D eigenvalue weighted by Gasteiger charge is -2.56. The Bertz CT molecular complexity index is 1010. The number of carbonyl (C=O) groups is 1. The molecule has 0 atom stereocenters. The Morgan fingerprint density at radius 3 is 1.72 bits per heavy atom. The van der Waals surface area contributed by atoms with E-state index in [1.807, 2.05) is 24.3 Å². The van der Waals surface area contributed by atoms with Crippen molar-refractivity contribution in [2.24, 2.45) is 17.8 Å². The summed E-state index contributed by atoms with van der Waals surface area (Å²) in [6.07, 6.45) is 7.76. The van der Waals surface area contributed by atoms with Crippen LogP contribution in [0.2, 0.25) is 10.0 Å². The highest BCUT2D eigenvalue weighted by Crippen LogP contribution is 2.55. The minimum Gasteiger partial charge on any atom is -0.337 e. The number of nitrogens with one attached hydrogen (secondary N) is 2. The van der Waals surface area contributed by atoms with E-state index in [0.29, 0.717) is 6.54 Å². The maximum Gasteiger partial charge on any atom is 0.315 e. The third-order valence-corrected chi connectivity index (χ3v) is 9.78. The van der Waals surface area contributed by atoms with Gasteiger partial charge >= 0.3 is 6.03 Å². The third kappa shape index (κ3) is 7.17. The number of hydrogen-bond acceptors (Lipinski definition) is 3. The van der Waals surface area contributed by atoms with Gasteiger partial charge < -0.3 is 10.6 Å². The summed E-state index contributed by atoms with van der Waals surface area (Å²) in [5.74, 6) is 2.52. The SMILES string of the molecule is Cl.Cl.O=C(NCCN1CCN(C(c2ccc(Cl)cc2)c2ccc(Cl)cc2)CC1)NC12CC3CC(CC(C3)C1)C2. The normalized spacial score (nSPS) is 28.0. The standard InChI is InChI=1S/C30H38Cl2N4O.2ClH/c31-26-5-1-24(2-6-26)28(25-3-7-27(32)8-4-25)36-13-11-35(12-14-36)10-9-33-29(37)34-30-18-21-15-22(19-30)17-23(16-21)20-30;;/h1-8,21-23,28H,9-20H2,(H2,33,34,37);2*1H. The summed E-state index contributed by atoms with van der Waals surface area (Å²) in [6, 6.07) is 16.6. The average Bonchev–Trinajstić information content (AvgIpc) is 2.86. The van der Waals surface area contributed by atoms with Gasteiger partial charge in [0.15, 0.2) is 0 Å². The molecule has 214 valence electrons. The van der Waals surface area contributed by atoms with Gasteiger partial charge in [0.05, 0.1) is 6.04 Å². The van der Waals surface area contributed by atoms with E-state index in [2.05, 4.69) is 44.7 Å². The van der Waals surface area contributed by atoms with E-state index in [9.17, 15) is 4.79 Å². The number of nitrogens with zero attached hydrogens (tertiary/aromatic N) is 2. The van der Waals surface area contributed by atoms with Crippen molar-refractivity contribution in [1.82, 2.24) is 20.4 Å². The van der Waals surface area contributed by atoms with Gasteiger partial charge in [0.1, 0.15) is 0 Å². The minimum absolute atomic E-state index is 0. The number of rotatable bonds is 7. The number of halogens is 4. The van der Waals surface area contributed by atoms with Crippen molar-refractivity contribution in [3.05, 3.63) is 69.7 Å². The summed E-state index contributed by atoms with van der Waals surface area (Å²) in [5, 5.41) is 8.11. The van der Waals surface area contributed by atoms with E-state index in [1.54, 1.807) is 0 Å². The van der Waals surface area contributed by atoms with Crippen molar-refractivity contribution in [2.45, 2.75) is 50.1 Å². The van der Waals surface area contributed by atoms with Crippen LogP contribution in [0.4, 0.5) is 4.79 Å². The number of amides is 2. The van der Waals surface area contributed by atoms with Crippen LogP contribution in [0.3, 0.4) is 0 Å². The molecule has 2 amide bonds. The third-order valence-electron chi connectivity index (χ3n) is 9.27. The number of hydrogen-bond donors (Lipinski definition) is 2. The van der Waals surface area contributed by atoms with Crippen LogP contribution < -0.4 is 10.6 Å². The van der Waals surface area contributed by atoms with Gasteiger partial charge in [0, 0.05) is 54.9 Å². The van der Waals surface area contributed by atoms with Gasteiger partial charge in [0.2, 0.25) is 0 Å². The van der Waals surface area contributed by atoms with Gasteiger partial charge in [-0.15, -0.1) is 24.8 Å². The van der Waals surface area contributed by atoms with Crippen molar-refractivity contribution >= 4 is 54.0 Å². The first kappa shape index (κ1) is 30.7. The van der Waals surface area contributed by atoms with Crippen LogP contribution in [0, 0.1) is 17.8 Å². The molecule has 2 aromatic rings. The number of piperazine rings is 1. The molecule has 39 heavy (non-hydrogen) atoms. The molecule has 1 aliphatic heterocycles. The summed E-state index contributed by atoms with van der Waals surface area (Å²) in [6.45, 7) is 5.47. The Morgan fingerprint density at radius 2 is 1.26 bits per heavy atom. The lowest BCUT2D eigenvalue weighted by Crippen LogP contribution is -2.61. The molecule has 0 aromatic heterocycles. The molecule has 0 radical (unpaired) electrons. The lowest BCUT2D eigenvalue weighted by molar-refractivity contribution is -0.0135. The Labute approximate surface area is 255 Å². The zero-order chi connectivity index (χ0) is 25.4. The number of carbonyl (C=O) groups excluding carboxylic acids is 1. The molecule has 9 heteroatoms. The first-order valence-electron chi connectivity index (χ1n) is 14.0. The molecule has 1 heterocycles. The van der Waals surface area contributed by atoms with Gasteiger partial charge in [-0.05, 0) is 91.7 Å². The van der Waals surface area contributed by atoms with E-state index in [4.69, 9.17) is 23.2 Å². The monoisotopic (exact) mass is 612 g/mol. The molecule has 5 fully saturated rings. The Hall–Kier alpha value is -1.21. The van der Waals surface area contributed by atoms with Gasteiger partial charge in [-0.1, -0.05) is 47.5 Å². The molecule has 0 unspecified atom stereocenters. The van der Waals surface area contributed by atoms with Gasteiger partial charge in [-0.3, -0.25) is 9.80 Å². The largest absolute Gasteiger partial charge is 0.337 e. The summed E-state index contributed by atoms with van der Waals surface area (Å²) < 4.78 is 0. The topological polar surface area (TPSA) is 47.6 Å². The quantitative estimate of drug-likeness (QED) is 0.360. The number of benzene rings is 2. The lowest BCUT2D eigenvalue weighted by atomic mass is 9.53. The summed E-state index contributed by atoms with van der Waals surface area (Å²) >= 11 is 12.3. The van der Waals surface area contributed by atoms with Crippen LogP contribution in [0.25, 0.3) is 0 Å². The fraction of sp³-hybridized carbons (Fsp3) is 0.567. The molecule has 4 aliphatic carbocycles. The average molecular weight is 614 g/mol. The van der Waals surface area contributed by atoms with E-state index in [1.165, 1.54) is 49.7 Å². The van der Waals surface area contributed by atoms with Gasteiger partial charge in [0.25, 0.3) is 0 Å². The molecule has 5 aliphatic rings. The Kier molecular flexibility index (Phi) is 10.4. The molecule has 4 saturated carbocycles. The summed E-state index contributed by atoms with van der Waals surface area (Å²) in [7, 11) is 0. The zero-order valence-electron chi connectivity index (χ0n) is 22.3. The fourth-order valence-corrected chi connectivity index (χ4v) is 8.28. The Balaban J connectivity index is 0.00000176. The smallest absolute Gasteiger partial charge is 0.315 e. The second kappa shape index (κ2) is 13.2. The highest BCUT2D eigenvalue weighted by Gasteiger charge is 2.51. The molecule has 2 aromatic carbocycles. The molecule has 0 spiro atoms. The first-order chi connectivity index (χ1) is 17.9. The molecule has 4 bridgehead atoms. The van der Waals surface area contributed by atoms with Crippen LogP contribution in [0.15, 0.2) is 48.5 Å². The molecule has 1 saturated heterocycles. The number of urea groups is 1. The highest BCUT2D eigenvalue weighted by molar-refractivity contribution is 6.30. The first-order valence-corrected chi connectivity index (χ1v) is 14.7. The Morgan fingerprint density at radius 1 is 0.795 bits per heavy atom. The molecular formula is C30H40Cl4N4O. The van der Waals surface area contributed by atoms with Gasteiger partial charge in [-0.2, -0.15) is 0 Å². The van der Waals surface area contributed by atoms with Crippen molar-refractivity contribution in [1.29, 1.82) is 0 Å². The van der Waals surface area contributed by atoms with Crippen molar-refractivity contribution in [3.8, 4) is 0 Å². The molecule has 7 rings (SSSR count). The minimum atomic E-state index is 0. The van der Waals surface area contributed by atoms with E-state index in [0.717, 1.165) is 60.5 Å². The van der Waals surface area contributed by atoms with Gasteiger partial charge in [-0.25, -0.2) is 4.79 Å².